The summed E-state index contributed by atoms with van der Waals surface area (Å²) in [5, 5.41) is 0. The molecule has 0 atom stereocenters. The van der Waals surface area contributed by atoms with Gasteiger partial charge >= 0.3 is 0 Å². The number of carbonyl (C=O) groups is 3. The predicted molar refractivity (Wildman–Crippen MR) is 67.2 cm³/mol. The van der Waals surface area contributed by atoms with Gasteiger partial charge in [0.15, 0.2) is 17.3 Å². The second kappa shape index (κ2) is 4.53. The number of carbonyl (C=O) groups excluding carboxylic acids is 3. The topological polar surface area (TPSA) is 51.2 Å². The van der Waals surface area contributed by atoms with Crippen LogP contribution in [-0.2, 0) is 9.59 Å². The summed E-state index contributed by atoms with van der Waals surface area (Å²) < 4.78 is 0. The van der Waals surface area contributed by atoms with E-state index < -0.39 is 5.78 Å². The summed E-state index contributed by atoms with van der Waals surface area (Å²) in [6, 6.07) is 8.48. The maximum absolute atomic E-state index is 12.1. The quantitative estimate of drug-likeness (QED) is 0.452. The molecule has 0 radical (unpaired) electrons. The Hall–Kier alpha value is -2.29. The zero-order chi connectivity index (χ0) is 13.3. The van der Waals surface area contributed by atoms with Gasteiger partial charge in [0.1, 0.15) is 0 Å². The number of hydrogen-bond donors (Lipinski definition) is 0. The third-order valence-electron chi connectivity index (χ3n) is 3.07. The Morgan fingerprint density at radius 1 is 0.944 bits per heavy atom. The summed E-state index contributed by atoms with van der Waals surface area (Å²) in [7, 11) is 0. The van der Waals surface area contributed by atoms with Crippen molar-refractivity contribution in [2.45, 2.75) is 13.8 Å². The van der Waals surface area contributed by atoms with Gasteiger partial charge in [-0.1, -0.05) is 30.3 Å². The Balaban J connectivity index is 2.42. The van der Waals surface area contributed by atoms with Gasteiger partial charge in [-0.05, 0) is 13.8 Å². The van der Waals surface area contributed by atoms with Gasteiger partial charge in [-0.2, -0.15) is 0 Å². The minimum Gasteiger partial charge on any atom is -0.290 e. The van der Waals surface area contributed by atoms with E-state index in [2.05, 4.69) is 0 Å². The standard InChI is InChI=1S/C15H12O3/c1-9-10(2)14(17)12(8-13(9)16)15(18)11-6-4-3-5-7-11/h3-8H,1-2H3. The van der Waals surface area contributed by atoms with Crippen LogP contribution in [0.5, 0.6) is 0 Å². The van der Waals surface area contributed by atoms with Crippen LogP contribution in [0.15, 0.2) is 53.1 Å². The highest BCUT2D eigenvalue weighted by molar-refractivity contribution is 6.36. The monoisotopic (exact) mass is 240 g/mol. The molecule has 0 saturated carbocycles. The number of benzene rings is 1. The maximum Gasteiger partial charge on any atom is 0.197 e. The lowest BCUT2D eigenvalue weighted by Gasteiger charge is -2.13. The van der Waals surface area contributed by atoms with Crippen molar-refractivity contribution < 1.29 is 14.4 Å². The van der Waals surface area contributed by atoms with E-state index in [1.807, 2.05) is 0 Å². The molecule has 0 unspecified atom stereocenters. The summed E-state index contributed by atoms with van der Waals surface area (Å²) in [6.07, 6.45) is 1.14. The molecule has 0 spiro atoms. The number of Topliss-reactive ketones (excluding diaryl/α,β-unsaturated/α-hetero) is 2. The molecule has 3 nitrogen and oxygen atoms in total. The van der Waals surface area contributed by atoms with Crippen LogP contribution in [0.4, 0.5) is 0 Å². The Kier molecular flexibility index (Phi) is 3.06. The molecule has 2 rings (SSSR count). The summed E-state index contributed by atoms with van der Waals surface area (Å²) in [5.41, 5.74) is 1.12. The number of hydrogen-bond acceptors (Lipinski definition) is 3. The smallest absolute Gasteiger partial charge is 0.197 e. The Bertz CT molecular complexity index is 604. The van der Waals surface area contributed by atoms with E-state index in [9.17, 15) is 14.4 Å². The number of ketones is 3. The molecule has 1 aliphatic carbocycles. The predicted octanol–water partition coefficient (Wildman–Crippen LogP) is 2.28. The molecule has 3 heteroatoms. The highest BCUT2D eigenvalue weighted by Crippen LogP contribution is 2.21. The van der Waals surface area contributed by atoms with Gasteiger partial charge < -0.3 is 0 Å². The summed E-state index contributed by atoms with van der Waals surface area (Å²) in [5.74, 6) is -1.03. The lowest BCUT2D eigenvalue weighted by Crippen LogP contribution is -2.22. The maximum atomic E-state index is 12.1. The number of allylic oxidation sites excluding steroid dienone is 4. The second-order valence-corrected chi connectivity index (χ2v) is 4.20. The van der Waals surface area contributed by atoms with Crippen molar-refractivity contribution in [3.8, 4) is 0 Å². The normalized spacial score (nSPS) is 15.8. The Labute approximate surface area is 105 Å². The summed E-state index contributed by atoms with van der Waals surface area (Å²) in [4.78, 5) is 35.8. The van der Waals surface area contributed by atoms with Crippen LogP contribution >= 0.6 is 0 Å². The van der Waals surface area contributed by atoms with Gasteiger partial charge in [0, 0.05) is 22.8 Å². The van der Waals surface area contributed by atoms with Crippen molar-refractivity contribution in [1.82, 2.24) is 0 Å². The van der Waals surface area contributed by atoms with Gasteiger partial charge in [0.25, 0.3) is 0 Å². The van der Waals surface area contributed by atoms with E-state index in [4.69, 9.17) is 0 Å². The van der Waals surface area contributed by atoms with E-state index in [1.165, 1.54) is 0 Å². The molecule has 0 aromatic heterocycles. The molecular weight excluding hydrogens is 228 g/mol. The molecule has 0 fully saturated rings. The van der Waals surface area contributed by atoms with Gasteiger partial charge in [0.2, 0.25) is 0 Å². The average molecular weight is 240 g/mol. The first-order valence-electron chi connectivity index (χ1n) is 5.60. The van der Waals surface area contributed by atoms with E-state index in [0.29, 0.717) is 16.7 Å². The molecule has 0 heterocycles. The van der Waals surface area contributed by atoms with Crippen LogP contribution in [0.25, 0.3) is 0 Å². The summed E-state index contributed by atoms with van der Waals surface area (Å²) >= 11 is 0. The zero-order valence-electron chi connectivity index (χ0n) is 10.2. The molecule has 0 bridgehead atoms. The minimum absolute atomic E-state index is 0.0469. The van der Waals surface area contributed by atoms with Gasteiger partial charge in [-0.25, -0.2) is 0 Å². The first-order valence-corrected chi connectivity index (χ1v) is 5.60. The molecule has 0 amide bonds. The fourth-order valence-electron chi connectivity index (χ4n) is 1.78. The minimum atomic E-state index is -0.402. The van der Waals surface area contributed by atoms with Crippen LogP contribution in [0.2, 0.25) is 0 Å². The molecule has 1 aromatic carbocycles. The van der Waals surface area contributed by atoms with Crippen LogP contribution in [-0.4, -0.2) is 17.3 Å². The molecule has 0 saturated heterocycles. The van der Waals surface area contributed by atoms with Crippen molar-refractivity contribution in [2.24, 2.45) is 0 Å². The van der Waals surface area contributed by atoms with Crippen LogP contribution in [0.1, 0.15) is 24.2 Å². The van der Waals surface area contributed by atoms with Crippen molar-refractivity contribution in [1.29, 1.82) is 0 Å². The second-order valence-electron chi connectivity index (χ2n) is 4.20. The molecule has 90 valence electrons. The van der Waals surface area contributed by atoms with Gasteiger partial charge in [-0.15, -0.1) is 0 Å². The third kappa shape index (κ3) is 1.95. The first kappa shape index (κ1) is 12.2. The molecule has 1 aromatic rings. The fraction of sp³-hybridized carbons (Fsp3) is 0.133. The van der Waals surface area contributed by atoms with E-state index in [-0.39, 0.29) is 17.1 Å². The van der Waals surface area contributed by atoms with Crippen LogP contribution < -0.4 is 0 Å². The van der Waals surface area contributed by atoms with Crippen molar-refractivity contribution >= 4 is 17.3 Å². The number of rotatable bonds is 2. The average Bonchev–Trinajstić information content (AvgIpc) is 2.41. The van der Waals surface area contributed by atoms with Gasteiger partial charge in [0.05, 0.1) is 5.57 Å². The molecule has 0 aliphatic heterocycles. The molecule has 18 heavy (non-hydrogen) atoms. The van der Waals surface area contributed by atoms with Crippen molar-refractivity contribution in [2.75, 3.05) is 0 Å². The summed E-state index contributed by atoms with van der Waals surface area (Å²) in [6.45, 7) is 3.16. The zero-order valence-corrected chi connectivity index (χ0v) is 10.2. The molecular formula is C15H12O3. The van der Waals surface area contributed by atoms with E-state index in [1.54, 1.807) is 44.2 Å². The highest BCUT2D eigenvalue weighted by Gasteiger charge is 2.28. The SMILES string of the molecule is CC1=C(C)C(=O)C(C(=O)c2ccccc2)=CC1=O. The lowest BCUT2D eigenvalue weighted by atomic mass is 9.87. The van der Waals surface area contributed by atoms with E-state index in [0.717, 1.165) is 6.08 Å². The van der Waals surface area contributed by atoms with Crippen LogP contribution in [0, 0.1) is 0 Å². The fourth-order valence-corrected chi connectivity index (χ4v) is 1.78. The molecule has 1 aliphatic rings. The highest BCUT2D eigenvalue weighted by atomic mass is 16.2. The largest absolute Gasteiger partial charge is 0.290 e. The van der Waals surface area contributed by atoms with Crippen molar-refractivity contribution in [3.63, 3.8) is 0 Å². The molecule has 0 N–H and O–H groups in total. The van der Waals surface area contributed by atoms with Crippen LogP contribution in [0.3, 0.4) is 0 Å². The Morgan fingerprint density at radius 3 is 2.17 bits per heavy atom. The van der Waals surface area contributed by atoms with Gasteiger partial charge in [-0.3, -0.25) is 14.4 Å². The third-order valence-corrected chi connectivity index (χ3v) is 3.07. The van der Waals surface area contributed by atoms with Crippen molar-refractivity contribution in [3.05, 3.63) is 58.7 Å². The Morgan fingerprint density at radius 2 is 1.56 bits per heavy atom. The van der Waals surface area contributed by atoms with E-state index >= 15 is 0 Å². The first-order chi connectivity index (χ1) is 8.52. The lowest BCUT2D eigenvalue weighted by molar-refractivity contribution is -0.115.